The van der Waals surface area contributed by atoms with E-state index in [4.69, 9.17) is 32.7 Å². The largest absolute Gasteiger partial charge is 0.472 e. The summed E-state index contributed by atoms with van der Waals surface area (Å²) in [4.78, 5) is 15.3. The maximum Gasteiger partial charge on any atom is 0.221 e. The summed E-state index contributed by atoms with van der Waals surface area (Å²) in [6, 6.07) is 26.1. The van der Waals surface area contributed by atoms with Crippen LogP contribution < -0.4 is 9.47 Å². The molecule has 1 atom stereocenters. The summed E-state index contributed by atoms with van der Waals surface area (Å²) in [6.07, 6.45) is 2.37. The van der Waals surface area contributed by atoms with Crippen LogP contribution in [0, 0.1) is 0 Å². The van der Waals surface area contributed by atoms with Crippen molar-refractivity contribution >= 4 is 29.5 Å². The Kier molecular flexibility index (Phi) is 7.05. The molecule has 1 unspecified atom stereocenters. The van der Waals surface area contributed by atoms with Crippen LogP contribution in [0.5, 0.6) is 11.6 Å². The van der Waals surface area contributed by atoms with Crippen molar-refractivity contribution in [2.75, 3.05) is 0 Å². The first kappa shape index (κ1) is 21.9. The molecule has 0 aliphatic heterocycles. The highest BCUT2D eigenvalue weighted by atomic mass is 35.5. The van der Waals surface area contributed by atoms with Crippen molar-refractivity contribution in [2.45, 2.75) is 12.2 Å². The van der Waals surface area contributed by atoms with E-state index in [-0.39, 0.29) is 6.61 Å². The standard InChI is InChI=1S/C26H19Cl2NO3/c27-24-20(10-5-12-22(24)19-8-2-1-3-9-19)17-31-26-23(13-6-14-29-26)25(28)32-21-11-4-7-18(15-21)16-30/h1-16,25H,17H2. The van der Waals surface area contributed by atoms with E-state index in [9.17, 15) is 4.79 Å². The van der Waals surface area contributed by atoms with Gasteiger partial charge in [-0.25, -0.2) is 4.98 Å². The molecule has 0 fully saturated rings. The number of halogens is 2. The Morgan fingerprint density at radius 3 is 2.56 bits per heavy atom. The number of alkyl halides is 1. The molecule has 0 aliphatic rings. The molecule has 1 aromatic heterocycles. The lowest BCUT2D eigenvalue weighted by molar-refractivity contribution is 0.112. The van der Waals surface area contributed by atoms with E-state index in [1.807, 2.05) is 48.5 Å². The van der Waals surface area contributed by atoms with Gasteiger partial charge in [0.25, 0.3) is 0 Å². The van der Waals surface area contributed by atoms with Crippen LogP contribution in [0.15, 0.2) is 91.1 Å². The summed E-state index contributed by atoms with van der Waals surface area (Å²) < 4.78 is 11.8. The molecule has 160 valence electrons. The first-order chi connectivity index (χ1) is 15.7. The van der Waals surface area contributed by atoms with E-state index in [1.54, 1.807) is 42.6 Å². The fourth-order valence-electron chi connectivity index (χ4n) is 3.22. The van der Waals surface area contributed by atoms with Crippen LogP contribution in [0.2, 0.25) is 5.02 Å². The molecule has 4 rings (SSSR count). The number of rotatable bonds is 8. The number of nitrogens with zero attached hydrogens (tertiary/aromatic N) is 1. The Hall–Kier alpha value is -3.34. The molecule has 0 aliphatic carbocycles. The summed E-state index contributed by atoms with van der Waals surface area (Å²) in [5.74, 6) is 0.822. The van der Waals surface area contributed by atoms with E-state index in [1.165, 1.54) is 0 Å². The minimum Gasteiger partial charge on any atom is -0.472 e. The van der Waals surface area contributed by atoms with Gasteiger partial charge in [0.2, 0.25) is 11.4 Å². The van der Waals surface area contributed by atoms with Crippen LogP contribution in [-0.4, -0.2) is 11.3 Å². The fourth-order valence-corrected chi connectivity index (χ4v) is 3.78. The van der Waals surface area contributed by atoms with Crippen molar-refractivity contribution in [3.8, 4) is 22.8 Å². The molecule has 0 spiro atoms. The van der Waals surface area contributed by atoms with Crippen molar-refractivity contribution in [1.82, 2.24) is 4.98 Å². The third-order valence-electron chi connectivity index (χ3n) is 4.81. The summed E-state index contributed by atoms with van der Waals surface area (Å²) >= 11 is 13.2. The Morgan fingerprint density at radius 1 is 0.938 bits per heavy atom. The van der Waals surface area contributed by atoms with Gasteiger partial charge < -0.3 is 9.47 Å². The lowest BCUT2D eigenvalue weighted by Gasteiger charge is -2.17. The second kappa shape index (κ2) is 10.3. The summed E-state index contributed by atoms with van der Waals surface area (Å²) in [5, 5.41) is 0.625. The first-order valence-corrected chi connectivity index (χ1v) is 10.7. The summed E-state index contributed by atoms with van der Waals surface area (Å²) in [5.41, 5.74) is 3.01. The third kappa shape index (κ3) is 5.10. The number of carbonyl (C=O) groups is 1. The average molecular weight is 464 g/mol. The van der Waals surface area contributed by atoms with Crippen LogP contribution in [-0.2, 0) is 6.61 Å². The molecular formula is C26H19Cl2NO3. The molecule has 0 saturated carbocycles. The van der Waals surface area contributed by atoms with E-state index in [2.05, 4.69) is 4.98 Å². The van der Waals surface area contributed by atoms with Crippen LogP contribution in [0.3, 0.4) is 0 Å². The van der Waals surface area contributed by atoms with Crippen molar-refractivity contribution in [3.05, 3.63) is 113 Å². The Morgan fingerprint density at radius 2 is 1.75 bits per heavy atom. The SMILES string of the molecule is O=Cc1cccc(OC(Cl)c2cccnc2OCc2cccc(-c3ccccc3)c2Cl)c1. The minimum atomic E-state index is -0.855. The van der Waals surface area contributed by atoms with Gasteiger partial charge in [0.05, 0.1) is 10.6 Å². The number of hydrogen-bond donors (Lipinski definition) is 0. The highest BCUT2D eigenvalue weighted by molar-refractivity contribution is 6.34. The highest BCUT2D eigenvalue weighted by Gasteiger charge is 2.18. The normalized spacial score (nSPS) is 11.6. The number of hydrogen-bond acceptors (Lipinski definition) is 4. The number of benzene rings is 3. The summed E-state index contributed by atoms with van der Waals surface area (Å²) in [6.45, 7) is 0.216. The summed E-state index contributed by atoms with van der Waals surface area (Å²) in [7, 11) is 0. The van der Waals surface area contributed by atoms with E-state index >= 15 is 0 Å². The second-order valence-electron chi connectivity index (χ2n) is 6.96. The third-order valence-corrected chi connectivity index (χ3v) is 5.58. The van der Waals surface area contributed by atoms with Gasteiger partial charge in [0.15, 0.2) is 0 Å². The predicted molar refractivity (Wildman–Crippen MR) is 127 cm³/mol. The quantitative estimate of drug-likeness (QED) is 0.206. The Labute approximate surface area is 196 Å². The molecule has 3 aromatic carbocycles. The van der Waals surface area contributed by atoms with Crippen molar-refractivity contribution in [2.24, 2.45) is 0 Å². The Bertz CT molecular complexity index is 1210. The number of ether oxygens (including phenoxy) is 2. The van der Waals surface area contributed by atoms with Gasteiger partial charge >= 0.3 is 0 Å². The van der Waals surface area contributed by atoms with Crippen molar-refractivity contribution < 1.29 is 14.3 Å². The van der Waals surface area contributed by atoms with Crippen LogP contribution in [0.25, 0.3) is 11.1 Å². The second-order valence-corrected chi connectivity index (χ2v) is 7.73. The van der Waals surface area contributed by atoms with Crippen LogP contribution in [0.1, 0.15) is 27.0 Å². The van der Waals surface area contributed by atoms with E-state index in [0.29, 0.717) is 27.8 Å². The van der Waals surface area contributed by atoms with E-state index in [0.717, 1.165) is 23.0 Å². The van der Waals surface area contributed by atoms with Gasteiger partial charge in [0.1, 0.15) is 18.6 Å². The smallest absolute Gasteiger partial charge is 0.221 e. The molecule has 0 bridgehead atoms. The lowest BCUT2D eigenvalue weighted by Crippen LogP contribution is -2.06. The molecule has 4 nitrogen and oxygen atoms in total. The molecule has 6 heteroatoms. The van der Waals surface area contributed by atoms with Gasteiger partial charge in [-0.3, -0.25) is 4.79 Å². The zero-order valence-electron chi connectivity index (χ0n) is 16.9. The van der Waals surface area contributed by atoms with Gasteiger partial charge in [0, 0.05) is 22.9 Å². The zero-order valence-corrected chi connectivity index (χ0v) is 18.5. The number of aldehydes is 1. The van der Waals surface area contributed by atoms with E-state index < -0.39 is 5.56 Å². The fraction of sp³-hybridized carbons (Fsp3) is 0.0769. The molecule has 1 heterocycles. The molecule has 0 saturated heterocycles. The average Bonchev–Trinajstić information content (AvgIpc) is 2.84. The lowest BCUT2D eigenvalue weighted by atomic mass is 10.0. The molecule has 0 radical (unpaired) electrons. The maximum atomic E-state index is 11.0. The topological polar surface area (TPSA) is 48.4 Å². The molecular weight excluding hydrogens is 445 g/mol. The molecule has 0 N–H and O–H groups in total. The predicted octanol–water partition coefficient (Wildman–Crippen LogP) is 7.11. The first-order valence-electron chi connectivity index (χ1n) is 9.92. The Balaban J connectivity index is 1.52. The maximum absolute atomic E-state index is 11.0. The zero-order chi connectivity index (χ0) is 22.3. The molecule has 0 amide bonds. The van der Waals surface area contributed by atoms with Crippen molar-refractivity contribution in [3.63, 3.8) is 0 Å². The minimum absolute atomic E-state index is 0.216. The van der Waals surface area contributed by atoms with Gasteiger partial charge in [-0.05, 0) is 29.8 Å². The number of carbonyl (C=O) groups excluding carboxylic acids is 1. The van der Waals surface area contributed by atoms with Gasteiger partial charge in [-0.1, -0.05) is 83.9 Å². The van der Waals surface area contributed by atoms with Crippen molar-refractivity contribution in [1.29, 1.82) is 0 Å². The highest BCUT2D eigenvalue weighted by Crippen LogP contribution is 2.33. The molecule has 32 heavy (non-hydrogen) atoms. The monoisotopic (exact) mass is 463 g/mol. The molecule has 4 aromatic rings. The van der Waals surface area contributed by atoms with Gasteiger partial charge in [-0.2, -0.15) is 0 Å². The van der Waals surface area contributed by atoms with Gasteiger partial charge in [-0.15, -0.1) is 0 Å². The number of aromatic nitrogens is 1. The van der Waals surface area contributed by atoms with Crippen LogP contribution >= 0.6 is 23.2 Å². The van der Waals surface area contributed by atoms with Crippen LogP contribution in [0.4, 0.5) is 0 Å². The number of pyridine rings is 1.